The molecule has 0 aromatic carbocycles. The first-order valence-electron chi connectivity index (χ1n) is 14.7. The molecule has 0 amide bonds. The van der Waals surface area contributed by atoms with Gasteiger partial charge in [-0.3, -0.25) is 9.78 Å². The lowest BCUT2D eigenvalue weighted by atomic mass is 9.73. The average Bonchev–Trinajstić information content (AvgIpc) is 2.99. The molecule has 2 aliphatic carbocycles. The number of aliphatic hydroxyl groups is 2. The highest BCUT2D eigenvalue weighted by Gasteiger charge is 2.44. The number of anilines is 2. The van der Waals surface area contributed by atoms with Crippen LogP contribution in [0.25, 0.3) is 11.3 Å². The number of hydrogen-bond donors (Lipinski definition) is 3. The van der Waals surface area contributed by atoms with Crippen molar-refractivity contribution in [1.82, 2.24) is 15.0 Å². The molecule has 0 radical (unpaired) electrons. The molecule has 234 valence electrons. The fourth-order valence-corrected chi connectivity index (χ4v) is 5.72. The number of rotatable bonds is 10. The highest BCUT2D eigenvalue weighted by molar-refractivity contribution is 5.80. The summed E-state index contributed by atoms with van der Waals surface area (Å²) >= 11 is 0. The third-order valence-electron chi connectivity index (χ3n) is 8.65. The lowest BCUT2D eigenvalue weighted by Crippen LogP contribution is -2.46. The van der Waals surface area contributed by atoms with E-state index in [9.17, 15) is 28.6 Å². The van der Waals surface area contributed by atoms with Gasteiger partial charge in [-0.25, -0.2) is 23.5 Å². The highest BCUT2D eigenvalue weighted by Crippen LogP contribution is 2.41. The van der Waals surface area contributed by atoms with E-state index in [1.54, 1.807) is 25.3 Å². The minimum atomic E-state index is -2.61. The van der Waals surface area contributed by atoms with Crippen LogP contribution in [0.15, 0.2) is 48.8 Å². The van der Waals surface area contributed by atoms with Gasteiger partial charge in [-0.1, -0.05) is 0 Å². The number of nitrogens with one attached hydrogen (secondary N) is 1. The minimum absolute atomic E-state index is 0.139. The lowest BCUT2D eigenvalue weighted by Gasteiger charge is -2.37. The van der Waals surface area contributed by atoms with E-state index in [4.69, 9.17) is 9.47 Å². The first kappa shape index (κ1) is 31.4. The summed E-state index contributed by atoms with van der Waals surface area (Å²) in [5, 5.41) is 24.4. The summed E-state index contributed by atoms with van der Waals surface area (Å²) in [5.74, 6) is -1.03. The molecule has 0 spiro atoms. The van der Waals surface area contributed by atoms with Crippen molar-refractivity contribution < 1.29 is 38.1 Å². The molecule has 10 nitrogen and oxygen atoms in total. The van der Waals surface area contributed by atoms with E-state index in [1.165, 1.54) is 18.3 Å². The minimum Gasteiger partial charge on any atom is -0.428 e. The third-order valence-corrected chi connectivity index (χ3v) is 8.65. The van der Waals surface area contributed by atoms with Crippen LogP contribution in [0.4, 0.5) is 20.4 Å². The predicted octanol–water partition coefficient (Wildman–Crippen LogP) is 5.50. The van der Waals surface area contributed by atoms with Gasteiger partial charge in [-0.15, -0.1) is 0 Å². The number of carbonyl (C=O) groups excluding carboxylic acids is 2. The van der Waals surface area contributed by atoms with Gasteiger partial charge in [0, 0.05) is 23.5 Å². The Morgan fingerprint density at radius 1 is 1.07 bits per heavy atom. The summed E-state index contributed by atoms with van der Waals surface area (Å²) in [6.45, 7) is 3.09. The number of alkyl halides is 2. The fraction of sp³-hybridized carbons (Fsp3) is 0.469. The predicted molar refractivity (Wildman–Crippen MR) is 156 cm³/mol. The molecule has 0 saturated heterocycles. The van der Waals surface area contributed by atoms with Crippen molar-refractivity contribution in [3.05, 3.63) is 65.6 Å². The number of nitrogens with zero attached hydrogens (tertiary/aromatic N) is 3. The lowest BCUT2D eigenvalue weighted by molar-refractivity contribution is -0.190. The van der Waals surface area contributed by atoms with Gasteiger partial charge in [0.1, 0.15) is 17.2 Å². The molecule has 2 fully saturated rings. The number of halogens is 2. The van der Waals surface area contributed by atoms with E-state index in [2.05, 4.69) is 20.3 Å². The maximum absolute atomic E-state index is 13.1. The average molecular weight is 611 g/mol. The monoisotopic (exact) mass is 610 g/mol. The van der Waals surface area contributed by atoms with Crippen LogP contribution < -0.4 is 5.32 Å². The van der Waals surface area contributed by atoms with Crippen LogP contribution >= 0.6 is 0 Å². The molecule has 2 aliphatic rings. The first-order valence-corrected chi connectivity index (χ1v) is 14.7. The Labute approximate surface area is 253 Å². The zero-order chi connectivity index (χ0) is 31.5. The van der Waals surface area contributed by atoms with Crippen molar-refractivity contribution >= 4 is 23.6 Å². The van der Waals surface area contributed by atoms with Crippen molar-refractivity contribution in [2.75, 3.05) is 12.1 Å². The first-order chi connectivity index (χ1) is 20.9. The van der Waals surface area contributed by atoms with Gasteiger partial charge in [-0.05, 0) is 107 Å². The van der Waals surface area contributed by atoms with E-state index >= 15 is 0 Å². The number of aryl methyl sites for hydroxylation is 1. The molecule has 44 heavy (non-hydrogen) atoms. The molecule has 3 N–H and O–H groups in total. The molecule has 2 saturated carbocycles. The normalized spacial score (nSPS) is 20.7. The molecule has 5 rings (SSSR count). The van der Waals surface area contributed by atoms with E-state index < -0.39 is 36.4 Å². The van der Waals surface area contributed by atoms with Gasteiger partial charge in [-0.2, -0.15) is 0 Å². The molecular formula is C32H36F2N4O6. The second kappa shape index (κ2) is 12.9. The van der Waals surface area contributed by atoms with Crippen LogP contribution in [0.2, 0.25) is 0 Å². The number of pyridine rings is 3. The fourth-order valence-electron chi connectivity index (χ4n) is 5.72. The maximum atomic E-state index is 13.1. The summed E-state index contributed by atoms with van der Waals surface area (Å²) in [4.78, 5) is 37.7. The Balaban J connectivity index is 1.17. The standard InChI is InChI=1S/C32H36F2N4O6/c1-19-14-24(37-27(15-19)38-26-16-21(28(33)34)10-13-35-26)22-6-9-25(36-17-22)31(2,41)23-7-4-20(5-8-23)29(39)43-18-44-30(40)32(42)11-3-12-32/h6,9-10,13-17,20,23,28,41-42H,3-5,7-8,11-12,18H2,1-2H3,(H,35,37,38)/t20-,23-,31-/m1/s1. The quantitative estimate of drug-likeness (QED) is 0.199. The van der Waals surface area contributed by atoms with Crippen molar-refractivity contribution in [3.63, 3.8) is 0 Å². The zero-order valence-electron chi connectivity index (χ0n) is 24.6. The highest BCUT2D eigenvalue weighted by atomic mass is 19.3. The molecule has 3 aromatic heterocycles. The van der Waals surface area contributed by atoms with Crippen LogP contribution in [-0.4, -0.2) is 49.5 Å². The van der Waals surface area contributed by atoms with E-state index in [0.717, 1.165) is 12.0 Å². The van der Waals surface area contributed by atoms with Gasteiger partial charge < -0.3 is 25.0 Å². The number of ether oxygens (including phenoxy) is 2. The smallest absolute Gasteiger partial charge is 0.340 e. The van der Waals surface area contributed by atoms with Gasteiger partial charge >= 0.3 is 11.9 Å². The van der Waals surface area contributed by atoms with Gasteiger partial charge in [0.15, 0.2) is 5.60 Å². The Kier molecular flexibility index (Phi) is 9.21. The third kappa shape index (κ3) is 7.02. The topological polar surface area (TPSA) is 144 Å². The Morgan fingerprint density at radius 2 is 1.82 bits per heavy atom. The SMILES string of the molecule is Cc1cc(Nc2cc(C(F)F)ccn2)nc(-c2ccc([C@](C)(O)[C@H]3CC[C@H](C(=O)OCOC(=O)C4(O)CCC4)CC3)nc2)c1. The Bertz CT molecular complexity index is 1490. The van der Waals surface area contributed by atoms with Crippen LogP contribution in [0, 0.1) is 18.8 Å². The molecular weight excluding hydrogens is 574 g/mol. The Morgan fingerprint density at radius 3 is 2.45 bits per heavy atom. The maximum Gasteiger partial charge on any atom is 0.340 e. The van der Waals surface area contributed by atoms with Crippen molar-refractivity contribution in [2.45, 2.75) is 76.4 Å². The molecule has 3 heterocycles. The van der Waals surface area contributed by atoms with Crippen LogP contribution in [0.5, 0.6) is 0 Å². The largest absolute Gasteiger partial charge is 0.428 e. The van der Waals surface area contributed by atoms with E-state index in [0.29, 0.717) is 61.3 Å². The summed E-state index contributed by atoms with van der Waals surface area (Å²) in [5.41, 5.74) is -0.127. The second-order valence-electron chi connectivity index (χ2n) is 11.8. The molecule has 0 bridgehead atoms. The molecule has 12 heteroatoms. The molecule has 1 atom stereocenters. The van der Waals surface area contributed by atoms with Crippen LogP contribution in [0.3, 0.4) is 0 Å². The second-order valence-corrected chi connectivity index (χ2v) is 11.8. The number of hydrogen-bond acceptors (Lipinski definition) is 10. The van der Waals surface area contributed by atoms with Crippen molar-refractivity contribution in [1.29, 1.82) is 0 Å². The summed E-state index contributed by atoms with van der Waals surface area (Å²) in [6, 6.07) is 9.78. The van der Waals surface area contributed by atoms with E-state index in [1.807, 2.05) is 19.1 Å². The number of carbonyl (C=O) groups is 2. The van der Waals surface area contributed by atoms with Crippen LogP contribution in [-0.2, 0) is 24.7 Å². The van der Waals surface area contributed by atoms with Crippen LogP contribution in [0.1, 0.15) is 75.1 Å². The zero-order valence-corrected chi connectivity index (χ0v) is 24.6. The molecule has 3 aromatic rings. The van der Waals surface area contributed by atoms with Crippen molar-refractivity contribution in [2.24, 2.45) is 11.8 Å². The number of esters is 2. The summed E-state index contributed by atoms with van der Waals surface area (Å²) in [6.07, 6.45) is 3.96. The number of aromatic nitrogens is 3. The molecule has 0 aliphatic heterocycles. The van der Waals surface area contributed by atoms with Gasteiger partial charge in [0.25, 0.3) is 6.43 Å². The van der Waals surface area contributed by atoms with Gasteiger partial charge in [0.2, 0.25) is 6.79 Å². The summed E-state index contributed by atoms with van der Waals surface area (Å²) < 4.78 is 36.2. The summed E-state index contributed by atoms with van der Waals surface area (Å²) in [7, 11) is 0. The van der Waals surface area contributed by atoms with Gasteiger partial charge in [0.05, 0.1) is 17.3 Å². The Hall–Kier alpha value is -4.03. The molecule has 0 unspecified atom stereocenters. The van der Waals surface area contributed by atoms with E-state index in [-0.39, 0.29) is 23.2 Å². The van der Waals surface area contributed by atoms with Crippen molar-refractivity contribution in [3.8, 4) is 11.3 Å².